The summed E-state index contributed by atoms with van der Waals surface area (Å²) in [4.78, 5) is 0. The predicted molar refractivity (Wildman–Crippen MR) is 415 cm³/mol. The molecule has 12 aromatic rings. The van der Waals surface area contributed by atoms with Crippen LogP contribution in [0, 0.1) is 90.0 Å². The molecule has 4 heterocycles. The summed E-state index contributed by atoms with van der Waals surface area (Å²) < 4.78 is 8.92. The van der Waals surface area contributed by atoms with Gasteiger partial charge in [-0.25, -0.2) is 18.3 Å². The molecule has 0 atom stereocenters. The SMILES string of the molecule is Cc1cc[n+](C)c(-c2cc(-c3ccccc3C)c(C)cc2C)c1.Cc1ccccc1-c1cc(-c2cc(C(C)C)cc[n+]2C)c(C)cc1C.Cc1ccccc1-c1cc(-c2cccc[n+]2C)c(C)cc1C.Cc1ccccc1-c1ccc(C)c(-c2cc(C3CCCCC3)c(C)c[n+]2C)c1. The molecule has 8 aromatic carbocycles. The van der Waals surface area contributed by atoms with Gasteiger partial charge in [0.25, 0.3) is 0 Å². The van der Waals surface area contributed by atoms with Gasteiger partial charge in [-0.2, -0.15) is 0 Å². The fourth-order valence-corrected chi connectivity index (χ4v) is 14.7. The van der Waals surface area contributed by atoms with Crippen LogP contribution in [0.5, 0.6) is 0 Å². The van der Waals surface area contributed by atoms with Crippen LogP contribution >= 0.6 is 0 Å². The first-order chi connectivity index (χ1) is 47.0. The van der Waals surface area contributed by atoms with E-state index in [2.05, 4.69) is 375 Å². The van der Waals surface area contributed by atoms with Crippen molar-refractivity contribution in [1.29, 1.82) is 0 Å². The number of benzene rings is 8. The van der Waals surface area contributed by atoms with E-state index in [0.717, 1.165) is 5.92 Å². The Balaban J connectivity index is 0.000000142. The van der Waals surface area contributed by atoms with Crippen molar-refractivity contribution >= 4 is 0 Å². The summed E-state index contributed by atoms with van der Waals surface area (Å²) in [5.41, 5.74) is 41.2. The van der Waals surface area contributed by atoms with Crippen molar-refractivity contribution in [3.05, 3.63) is 308 Å². The minimum atomic E-state index is 0.529. The molecule has 1 saturated carbocycles. The Morgan fingerprint density at radius 3 is 1.13 bits per heavy atom. The van der Waals surface area contributed by atoms with Gasteiger partial charge in [0, 0.05) is 70.3 Å². The number of pyridine rings is 4. The van der Waals surface area contributed by atoms with Crippen molar-refractivity contribution in [3.63, 3.8) is 0 Å². The highest BCUT2D eigenvalue weighted by Crippen LogP contribution is 2.39. The summed E-state index contributed by atoms with van der Waals surface area (Å²) in [6.45, 7) is 33.1. The molecule has 0 amide bonds. The average Bonchev–Trinajstić information content (AvgIpc) is 0.843. The molecule has 498 valence electrons. The second kappa shape index (κ2) is 31.7. The van der Waals surface area contributed by atoms with E-state index in [0.29, 0.717) is 5.92 Å². The van der Waals surface area contributed by atoms with Crippen LogP contribution in [0.3, 0.4) is 0 Å². The van der Waals surface area contributed by atoms with Crippen molar-refractivity contribution in [2.45, 2.75) is 148 Å². The Kier molecular flexibility index (Phi) is 23.0. The van der Waals surface area contributed by atoms with Crippen LogP contribution in [0.15, 0.2) is 225 Å². The lowest BCUT2D eigenvalue weighted by molar-refractivity contribution is -0.660. The lowest BCUT2D eigenvalue weighted by Crippen LogP contribution is -2.32. The maximum absolute atomic E-state index is 2.48. The van der Waals surface area contributed by atoms with E-state index < -0.39 is 0 Å². The molecule has 4 aromatic heterocycles. The summed E-state index contributed by atoms with van der Waals surface area (Å²) in [7, 11) is 8.53. The van der Waals surface area contributed by atoms with Gasteiger partial charge in [0.05, 0.1) is 0 Å². The monoisotopic (exact) mass is 1290 g/mol. The number of hydrogen-bond acceptors (Lipinski definition) is 0. The van der Waals surface area contributed by atoms with Crippen LogP contribution in [0.25, 0.3) is 89.5 Å². The van der Waals surface area contributed by atoms with Crippen molar-refractivity contribution < 1.29 is 18.3 Å². The van der Waals surface area contributed by atoms with Crippen LogP contribution in [0.2, 0.25) is 0 Å². The Bertz CT molecular complexity index is 4770. The molecule has 4 nitrogen and oxygen atoms in total. The summed E-state index contributed by atoms with van der Waals surface area (Å²) in [5.74, 6) is 1.26. The van der Waals surface area contributed by atoms with E-state index >= 15 is 0 Å². The first-order valence-electron chi connectivity index (χ1n) is 35.6. The minimum absolute atomic E-state index is 0.529. The third-order valence-corrected chi connectivity index (χ3v) is 20.6. The molecule has 0 bridgehead atoms. The van der Waals surface area contributed by atoms with Crippen LogP contribution in [-0.2, 0) is 28.2 Å². The molecule has 98 heavy (non-hydrogen) atoms. The fourth-order valence-electron chi connectivity index (χ4n) is 14.7. The number of hydrogen-bond donors (Lipinski definition) is 0. The van der Waals surface area contributed by atoms with Crippen LogP contribution in [0.1, 0.15) is 141 Å². The Hall–Kier alpha value is -9.64. The van der Waals surface area contributed by atoms with Crippen molar-refractivity contribution in [2.24, 2.45) is 28.2 Å². The van der Waals surface area contributed by atoms with Gasteiger partial charge in [-0.05, 0) is 267 Å². The zero-order valence-electron chi connectivity index (χ0n) is 62.3. The lowest BCUT2D eigenvalue weighted by atomic mass is 9.82. The van der Waals surface area contributed by atoms with Crippen LogP contribution in [-0.4, -0.2) is 0 Å². The third kappa shape index (κ3) is 16.3. The maximum atomic E-state index is 2.48. The highest BCUT2D eigenvalue weighted by atomic mass is 14.9. The molecule has 0 radical (unpaired) electrons. The summed E-state index contributed by atoms with van der Waals surface area (Å²) in [6.07, 6.45) is 15.6. The zero-order chi connectivity index (χ0) is 70.1. The number of aromatic nitrogens is 4. The number of nitrogens with zero attached hydrogens (tertiary/aromatic N) is 4. The molecule has 0 unspecified atom stereocenters. The summed E-state index contributed by atoms with van der Waals surface area (Å²) >= 11 is 0. The van der Waals surface area contributed by atoms with Gasteiger partial charge in [-0.15, -0.1) is 0 Å². The molecule has 13 rings (SSSR count). The van der Waals surface area contributed by atoms with Crippen molar-refractivity contribution in [2.75, 3.05) is 0 Å². The lowest BCUT2D eigenvalue weighted by Gasteiger charge is -2.23. The number of rotatable bonds is 10. The summed E-state index contributed by atoms with van der Waals surface area (Å²) in [6, 6.07) is 73.2. The Morgan fingerprint density at radius 1 is 0.276 bits per heavy atom. The molecular formula is C94H106N4+4. The van der Waals surface area contributed by atoms with Gasteiger partial charge in [-0.3, -0.25) is 0 Å². The smallest absolute Gasteiger partial charge is 0.201 e. The molecule has 0 N–H and O–H groups in total. The molecule has 1 fully saturated rings. The Labute approximate surface area is 588 Å². The minimum Gasteiger partial charge on any atom is -0.201 e. The van der Waals surface area contributed by atoms with Gasteiger partial charge < -0.3 is 0 Å². The summed E-state index contributed by atoms with van der Waals surface area (Å²) in [5, 5.41) is 0. The third-order valence-electron chi connectivity index (χ3n) is 20.6. The van der Waals surface area contributed by atoms with E-state index in [4.69, 9.17) is 0 Å². The predicted octanol–water partition coefficient (Wildman–Crippen LogP) is 22.6. The molecule has 4 heteroatoms. The van der Waals surface area contributed by atoms with Gasteiger partial charge in [0.15, 0.2) is 24.8 Å². The second-order valence-electron chi connectivity index (χ2n) is 28.5. The topological polar surface area (TPSA) is 15.5 Å². The van der Waals surface area contributed by atoms with Gasteiger partial charge in [0.1, 0.15) is 28.2 Å². The van der Waals surface area contributed by atoms with Crippen molar-refractivity contribution in [1.82, 2.24) is 0 Å². The van der Waals surface area contributed by atoms with Crippen LogP contribution < -0.4 is 18.3 Å². The second-order valence-corrected chi connectivity index (χ2v) is 28.5. The largest absolute Gasteiger partial charge is 0.212 e. The fraction of sp³-hybridized carbons (Fsp3) is 0.277. The van der Waals surface area contributed by atoms with Crippen molar-refractivity contribution in [3.8, 4) is 89.5 Å². The first kappa shape index (κ1) is 71.1. The molecular weight excluding hydrogens is 1190 g/mol. The van der Waals surface area contributed by atoms with E-state index in [1.165, 1.54) is 200 Å². The zero-order valence-corrected chi connectivity index (χ0v) is 62.3. The Morgan fingerprint density at radius 2 is 0.663 bits per heavy atom. The molecule has 1 aliphatic rings. The first-order valence-corrected chi connectivity index (χ1v) is 35.6. The number of aryl methyl sites for hydroxylation is 17. The van der Waals surface area contributed by atoms with Gasteiger partial charge in [0.2, 0.25) is 22.8 Å². The molecule has 0 saturated heterocycles. The highest BCUT2D eigenvalue weighted by molar-refractivity contribution is 5.81. The normalized spacial score (nSPS) is 12.1. The van der Waals surface area contributed by atoms with Gasteiger partial charge >= 0.3 is 0 Å². The standard InChI is InChI=1S/C27H32N.C24H28N.C22H24N.C21H22N/c1-19-10-8-9-13-24(19)23-15-14-20(2)26(16-23)27-17-25(21(3)18-28(27)4)22-11-6-5-7-12-22;1-16(2)20-11-12-25(6)24(14-20)23-15-22(18(4)13-19(23)5)21-10-8-7-9-17(21)3;1-15-10-11-23(5)22(12-15)21-14-20(17(3)13-18(21)4)19-9-7-6-8-16(19)2;1-15-9-5-6-10-18(15)19-14-20(17(3)13-16(19)2)21-11-7-8-12-22(21)4/h8-10,13-18,22H,5-7,11-12H2,1-4H3;7-16H,1-6H3;6-14H,1-5H3;5-14H,1-4H3/q4*+1. The quantitative estimate of drug-likeness (QED) is 0.121. The van der Waals surface area contributed by atoms with E-state index in [1.54, 1.807) is 5.56 Å². The van der Waals surface area contributed by atoms with E-state index in [1.807, 2.05) is 0 Å². The highest BCUT2D eigenvalue weighted by Gasteiger charge is 2.25. The molecule has 1 aliphatic carbocycles. The molecule has 0 spiro atoms. The maximum Gasteiger partial charge on any atom is 0.212 e. The van der Waals surface area contributed by atoms with Gasteiger partial charge in [-0.1, -0.05) is 161 Å². The average molecular weight is 1290 g/mol. The van der Waals surface area contributed by atoms with E-state index in [9.17, 15) is 0 Å². The molecule has 0 aliphatic heterocycles. The van der Waals surface area contributed by atoms with Crippen LogP contribution in [0.4, 0.5) is 0 Å². The van der Waals surface area contributed by atoms with E-state index in [-0.39, 0.29) is 0 Å².